The Morgan fingerprint density at radius 2 is 2.39 bits per heavy atom. The van der Waals surface area contributed by atoms with Crippen molar-refractivity contribution in [1.82, 2.24) is 0 Å². The fraction of sp³-hybridized carbons (Fsp3) is 0.214. The standard InChI is InChI=1S/C14H14O3S/c1-3-4-5-8-18-12-6-7-13(11(2)9-12)17-10-14(15)16/h1,4-7,9H,8,10H2,2H3,(H,15,16). The van der Waals surface area contributed by atoms with Gasteiger partial charge < -0.3 is 9.84 Å². The molecule has 0 aromatic heterocycles. The summed E-state index contributed by atoms with van der Waals surface area (Å²) >= 11 is 1.65. The molecule has 4 heteroatoms. The molecule has 0 fully saturated rings. The molecule has 0 atom stereocenters. The molecule has 1 rings (SSSR count). The maximum absolute atomic E-state index is 10.4. The second-order valence-electron chi connectivity index (χ2n) is 3.49. The SMILES string of the molecule is C#CC=CCSc1ccc(OCC(=O)O)c(C)c1. The van der Waals surface area contributed by atoms with Gasteiger partial charge in [-0.15, -0.1) is 18.2 Å². The first kappa shape index (κ1) is 14.2. The molecule has 1 aromatic carbocycles. The van der Waals surface area contributed by atoms with E-state index in [-0.39, 0.29) is 6.61 Å². The summed E-state index contributed by atoms with van der Waals surface area (Å²) in [5, 5.41) is 8.53. The van der Waals surface area contributed by atoms with E-state index < -0.39 is 5.97 Å². The number of benzene rings is 1. The molecule has 0 radical (unpaired) electrons. The van der Waals surface area contributed by atoms with Gasteiger partial charge in [-0.1, -0.05) is 12.0 Å². The number of hydrogen-bond donors (Lipinski definition) is 1. The predicted molar refractivity (Wildman–Crippen MR) is 73.0 cm³/mol. The van der Waals surface area contributed by atoms with E-state index in [0.29, 0.717) is 5.75 Å². The molecule has 0 aliphatic rings. The quantitative estimate of drug-likeness (QED) is 0.632. The number of rotatable bonds is 6. The summed E-state index contributed by atoms with van der Waals surface area (Å²) in [4.78, 5) is 11.5. The average Bonchev–Trinajstić information content (AvgIpc) is 2.33. The van der Waals surface area contributed by atoms with Crippen molar-refractivity contribution in [3.05, 3.63) is 35.9 Å². The summed E-state index contributed by atoms with van der Waals surface area (Å²) in [6.45, 7) is 1.57. The molecular formula is C14H14O3S. The molecule has 0 aliphatic carbocycles. The van der Waals surface area contributed by atoms with E-state index in [1.54, 1.807) is 23.9 Å². The maximum Gasteiger partial charge on any atom is 0.341 e. The highest BCUT2D eigenvalue weighted by atomic mass is 32.2. The van der Waals surface area contributed by atoms with Gasteiger partial charge in [0.2, 0.25) is 0 Å². The van der Waals surface area contributed by atoms with Crippen LogP contribution in [0.3, 0.4) is 0 Å². The van der Waals surface area contributed by atoms with Gasteiger partial charge in [0.25, 0.3) is 0 Å². The minimum absolute atomic E-state index is 0.321. The Kier molecular flexibility index (Phi) is 5.89. The van der Waals surface area contributed by atoms with Crippen molar-refractivity contribution < 1.29 is 14.6 Å². The van der Waals surface area contributed by atoms with E-state index in [2.05, 4.69) is 5.92 Å². The fourth-order valence-corrected chi connectivity index (χ4v) is 2.08. The lowest BCUT2D eigenvalue weighted by molar-refractivity contribution is -0.139. The van der Waals surface area contributed by atoms with Gasteiger partial charge in [0.15, 0.2) is 6.61 Å². The van der Waals surface area contributed by atoms with Crippen molar-refractivity contribution in [1.29, 1.82) is 0 Å². The molecule has 0 spiro atoms. The van der Waals surface area contributed by atoms with Crippen molar-refractivity contribution in [3.63, 3.8) is 0 Å². The summed E-state index contributed by atoms with van der Waals surface area (Å²) in [6.07, 6.45) is 8.68. The second kappa shape index (κ2) is 7.46. The topological polar surface area (TPSA) is 46.5 Å². The van der Waals surface area contributed by atoms with E-state index in [0.717, 1.165) is 16.2 Å². The van der Waals surface area contributed by atoms with Gasteiger partial charge in [-0.05, 0) is 36.8 Å². The monoisotopic (exact) mass is 262 g/mol. The van der Waals surface area contributed by atoms with Crippen LogP contribution in [0.5, 0.6) is 5.75 Å². The third-order valence-electron chi connectivity index (χ3n) is 2.06. The highest BCUT2D eigenvalue weighted by molar-refractivity contribution is 7.99. The van der Waals surface area contributed by atoms with Crippen molar-refractivity contribution in [2.75, 3.05) is 12.4 Å². The summed E-state index contributed by atoms with van der Waals surface area (Å²) in [7, 11) is 0. The lowest BCUT2D eigenvalue weighted by Crippen LogP contribution is -2.09. The number of hydrogen-bond acceptors (Lipinski definition) is 3. The van der Waals surface area contributed by atoms with Crippen LogP contribution >= 0.6 is 11.8 Å². The van der Waals surface area contributed by atoms with Gasteiger partial charge in [0.1, 0.15) is 5.75 Å². The van der Waals surface area contributed by atoms with E-state index in [4.69, 9.17) is 16.3 Å². The van der Waals surface area contributed by atoms with Gasteiger partial charge >= 0.3 is 5.97 Å². The molecule has 3 nitrogen and oxygen atoms in total. The summed E-state index contributed by atoms with van der Waals surface area (Å²) in [5.74, 6) is 2.86. The number of thioether (sulfide) groups is 1. The second-order valence-corrected chi connectivity index (χ2v) is 4.58. The molecule has 1 N–H and O–H groups in total. The number of carboxylic acids is 1. The fourth-order valence-electron chi connectivity index (χ4n) is 1.27. The molecule has 18 heavy (non-hydrogen) atoms. The van der Waals surface area contributed by atoms with Crippen LogP contribution in [0.2, 0.25) is 0 Å². The van der Waals surface area contributed by atoms with Crippen LogP contribution in [0.15, 0.2) is 35.2 Å². The van der Waals surface area contributed by atoms with Gasteiger partial charge in [-0.2, -0.15) is 0 Å². The minimum atomic E-state index is -0.979. The van der Waals surface area contributed by atoms with Crippen LogP contribution in [-0.2, 0) is 4.79 Å². The largest absolute Gasteiger partial charge is 0.482 e. The number of terminal acetylenes is 1. The zero-order valence-corrected chi connectivity index (χ0v) is 10.9. The highest BCUT2D eigenvalue weighted by Crippen LogP contribution is 2.25. The van der Waals surface area contributed by atoms with E-state index in [9.17, 15) is 4.79 Å². The lowest BCUT2D eigenvalue weighted by Gasteiger charge is -2.08. The molecule has 1 aromatic rings. The number of ether oxygens (including phenoxy) is 1. The van der Waals surface area contributed by atoms with Crippen molar-refractivity contribution in [2.24, 2.45) is 0 Å². The molecular weight excluding hydrogens is 248 g/mol. The highest BCUT2D eigenvalue weighted by Gasteiger charge is 2.03. The van der Waals surface area contributed by atoms with Gasteiger partial charge in [0.05, 0.1) is 0 Å². The van der Waals surface area contributed by atoms with E-state index >= 15 is 0 Å². The first-order valence-corrected chi connectivity index (χ1v) is 6.31. The predicted octanol–water partition coefficient (Wildman–Crippen LogP) is 2.74. The van der Waals surface area contributed by atoms with Crippen molar-refractivity contribution in [2.45, 2.75) is 11.8 Å². The van der Waals surface area contributed by atoms with Crippen LogP contribution < -0.4 is 4.74 Å². The smallest absolute Gasteiger partial charge is 0.341 e. The number of carbonyl (C=O) groups is 1. The van der Waals surface area contributed by atoms with E-state index in [1.807, 2.05) is 25.1 Å². The third kappa shape index (κ3) is 4.98. The molecule has 0 heterocycles. The van der Waals surface area contributed by atoms with Crippen molar-refractivity contribution >= 4 is 17.7 Å². The maximum atomic E-state index is 10.4. The summed E-state index contributed by atoms with van der Waals surface area (Å²) in [6, 6.07) is 5.65. The minimum Gasteiger partial charge on any atom is -0.482 e. The van der Waals surface area contributed by atoms with Crippen LogP contribution in [0.1, 0.15) is 5.56 Å². The summed E-state index contributed by atoms with van der Waals surface area (Å²) < 4.78 is 5.15. The van der Waals surface area contributed by atoms with Crippen molar-refractivity contribution in [3.8, 4) is 18.1 Å². The molecule has 0 saturated heterocycles. The Labute approximate surface area is 111 Å². The number of aliphatic carboxylic acids is 1. The van der Waals surface area contributed by atoms with Crippen LogP contribution in [-0.4, -0.2) is 23.4 Å². The zero-order valence-electron chi connectivity index (χ0n) is 10.1. The Morgan fingerprint density at radius 1 is 1.61 bits per heavy atom. The number of aryl methyl sites for hydroxylation is 1. The first-order valence-electron chi connectivity index (χ1n) is 5.32. The number of allylic oxidation sites excluding steroid dienone is 1. The molecule has 0 bridgehead atoms. The zero-order chi connectivity index (χ0) is 13.4. The third-order valence-corrected chi connectivity index (χ3v) is 3.00. The first-order chi connectivity index (χ1) is 8.63. The van der Waals surface area contributed by atoms with Crippen LogP contribution in [0.4, 0.5) is 0 Å². The molecule has 94 valence electrons. The molecule has 0 amide bonds. The Balaban J connectivity index is 2.59. The lowest BCUT2D eigenvalue weighted by atomic mass is 10.2. The van der Waals surface area contributed by atoms with Gasteiger partial charge in [-0.25, -0.2) is 4.79 Å². The van der Waals surface area contributed by atoms with Crippen LogP contribution in [0.25, 0.3) is 0 Å². The number of carboxylic acid groups (broad SMARTS) is 1. The Hall–Kier alpha value is -1.86. The molecule has 0 aliphatic heterocycles. The Bertz CT molecular complexity index is 486. The summed E-state index contributed by atoms with van der Waals surface area (Å²) in [5.41, 5.74) is 0.919. The van der Waals surface area contributed by atoms with E-state index in [1.165, 1.54) is 0 Å². The Morgan fingerprint density at radius 3 is 3.00 bits per heavy atom. The van der Waals surface area contributed by atoms with Gasteiger partial charge in [-0.3, -0.25) is 0 Å². The van der Waals surface area contributed by atoms with Crippen LogP contribution in [0, 0.1) is 19.3 Å². The normalized spacial score (nSPS) is 10.2. The molecule has 0 saturated carbocycles. The molecule has 0 unspecified atom stereocenters. The average molecular weight is 262 g/mol. The van der Waals surface area contributed by atoms with Gasteiger partial charge in [0, 0.05) is 10.6 Å².